The van der Waals surface area contributed by atoms with Crippen molar-refractivity contribution in [3.05, 3.63) is 114 Å². The number of hydrogen-bond donors (Lipinski definition) is 1. The van der Waals surface area contributed by atoms with Crippen molar-refractivity contribution in [2.24, 2.45) is 0 Å². The Morgan fingerprint density at radius 3 is 1.97 bits per heavy atom. The van der Waals surface area contributed by atoms with Crippen molar-refractivity contribution >= 4 is 16.0 Å². The Labute approximate surface area is 185 Å². The first-order valence-corrected chi connectivity index (χ1v) is 11.7. The van der Waals surface area contributed by atoms with Crippen LogP contribution >= 0.6 is 0 Å². The summed E-state index contributed by atoms with van der Waals surface area (Å²) in [7, 11) is -3.56. The third-order valence-corrected chi connectivity index (χ3v) is 5.48. The molecule has 1 atom stereocenters. The third kappa shape index (κ3) is 5.12. The van der Waals surface area contributed by atoms with Gasteiger partial charge in [0.05, 0.1) is 11.9 Å². The molecule has 7 nitrogen and oxygen atoms in total. The zero-order valence-electron chi connectivity index (χ0n) is 17.1. The summed E-state index contributed by atoms with van der Waals surface area (Å²) in [5.74, 6) is -1.06. The zero-order chi connectivity index (χ0) is 22.6. The minimum absolute atomic E-state index is 0.0340. The second kappa shape index (κ2) is 9.19. The summed E-state index contributed by atoms with van der Waals surface area (Å²) < 4.78 is 39.5. The van der Waals surface area contributed by atoms with Crippen LogP contribution in [0.25, 0.3) is 0 Å². The molecule has 1 N–H and O–H groups in total. The van der Waals surface area contributed by atoms with Gasteiger partial charge in [0.25, 0.3) is 0 Å². The van der Waals surface area contributed by atoms with Gasteiger partial charge in [0, 0.05) is 42.8 Å². The Bertz CT molecular complexity index is 1250. The summed E-state index contributed by atoms with van der Waals surface area (Å²) in [5.41, 5.74) is 3.18. The molecule has 32 heavy (non-hydrogen) atoms. The summed E-state index contributed by atoms with van der Waals surface area (Å²) in [4.78, 5) is 17.1. The van der Waals surface area contributed by atoms with Crippen molar-refractivity contribution in [3.63, 3.8) is 0 Å². The maximum atomic E-state index is 13.7. The lowest BCUT2D eigenvalue weighted by molar-refractivity contribution is 0.606. The molecular formula is C23H20FN5O2S. The van der Waals surface area contributed by atoms with Gasteiger partial charge in [0.1, 0.15) is 5.82 Å². The normalized spacial score (nSPS) is 12.5. The van der Waals surface area contributed by atoms with E-state index < -0.39 is 15.9 Å². The van der Waals surface area contributed by atoms with Gasteiger partial charge in [-0.3, -0.25) is 14.7 Å². The molecule has 162 valence electrons. The lowest BCUT2D eigenvalue weighted by Gasteiger charge is -2.28. The maximum Gasteiger partial charge on any atom is 0.236 e. The van der Waals surface area contributed by atoms with E-state index in [0.29, 0.717) is 5.69 Å². The lowest BCUT2D eigenvalue weighted by Crippen LogP contribution is -2.18. The highest BCUT2D eigenvalue weighted by atomic mass is 32.2. The molecule has 1 aromatic carbocycles. The summed E-state index contributed by atoms with van der Waals surface area (Å²) in [6.07, 6.45) is 9.45. The third-order valence-electron chi connectivity index (χ3n) is 4.92. The molecule has 0 saturated heterocycles. The fourth-order valence-electron chi connectivity index (χ4n) is 3.66. The number of anilines is 1. The van der Waals surface area contributed by atoms with Gasteiger partial charge in [-0.1, -0.05) is 24.3 Å². The smallest absolute Gasteiger partial charge is 0.236 e. The van der Waals surface area contributed by atoms with Crippen LogP contribution in [0.1, 0.15) is 34.2 Å². The molecule has 0 spiro atoms. The van der Waals surface area contributed by atoms with Crippen molar-refractivity contribution in [1.82, 2.24) is 19.9 Å². The van der Waals surface area contributed by atoms with Crippen molar-refractivity contribution in [1.29, 1.82) is 0 Å². The molecule has 0 aliphatic carbocycles. The molecule has 1 unspecified atom stereocenters. The summed E-state index contributed by atoms with van der Waals surface area (Å²) >= 11 is 0. The first-order chi connectivity index (χ1) is 15.4. The number of nitrogens with one attached hydrogen (secondary N) is 1. The molecule has 0 amide bonds. The molecule has 9 heteroatoms. The van der Waals surface area contributed by atoms with Crippen LogP contribution in [0.4, 0.5) is 10.3 Å². The van der Waals surface area contributed by atoms with E-state index in [1.807, 2.05) is 24.3 Å². The van der Waals surface area contributed by atoms with Crippen LogP contribution in [0, 0.1) is 5.82 Å². The summed E-state index contributed by atoms with van der Waals surface area (Å²) in [6.45, 7) is 0. The van der Waals surface area contributed by atoms with Gasteiger partial charge >= 0.3 is 0 Å². The molecule has 0 aliphatic heterocycles. The predicted molar refractivity (Wildman–Crippen MR) is 119 cm³/mol. The van der Waals surface area contributed by atoms with Crippen molar-refractivity contribution in [2.75, 3.05) is 11.0 Å². The average molecular weight is 450 g/mol. The number of benzene rings is 1. The molecule has 3 aromatic heterocycles. The zero-order valence-corrected chi connectivity index (χ0v) is 17.9. The Morgan fingerprint density at radius 1 is 0.812 bits per heavy atom. The standard InChI is InChI=1S/C23H20FN5O2S/c1-32(30,31)29-23-27-13-10-20(28-23)22(16-6-8-19(24)9-7-16)21(17-4-2-11-25-14-17)18-5-3-12-26-15-18/h2-15,21-22H,1H3,(H,27,28,29). The van der Waals surface area contributed by atoms with Gasteiger partial charge in [-0.05, 0) is 47.0 Å². The SMILES string of the molecule is CS(=O)(=O)Nc1nccc(C(c2ccc(F)cc2)C(c2cccnc2)c2cccnc2)n1. The first kappa shape index (κ1) is 21.5. The monoisotopic (exact) mass is 449 g/mol. The minimum atomic E-state index is -3.56. The second-order valence-corrected chi connectivity index (χ2v) is 9.01. The van der Waals surface area contributed by atoms with Crippen LogP contribution in [-0.4, -0.2) is 34.6 Å². The van der Waals surface area contributed by atoms with E-state index in [4.69, 9.17) is 0 Å². The molecule has 0 bridgehead atoms. The Morgan fingerprint density at radius 2 is 1.44 bits per heavy atom. The van der Waals surface area contributed by atoms with Gasteiger partial charge < -0.3 is 0 Å². The van der Waals surface area contributed by atoms with Crippen LogP contribution in [-0.2, 0) is 10.0 Å². The summed E-state index contributed by atoms with van der Waals surface area (Å²) in [6, 6.07) is 15.5. The van der Waals surface area contributed by atoms with Crippen LogP contribution in [0.5, 0.6) is 0 Å². The van der Waals surface area contributed by atoms with E-state index in [2.05, 4.69) is 24.7 Å². The highest BCUT2D eigenvalue weighted by molar-refractivity contribution is 7.91. The van der Waals surface area contributed by atoms with Crippen molar-refractivity contribution < 1.29 is 12.8 Å². The van der Waals surface area contributed by atoms with Crippen LogP contribution < -0.4 is 4.72 Å². The van der Waals surface area contributed by atoms with Gasteiger partial charge in [0.2, 0.25) is 16.0 Å². The van der Waals surface area contributed by atoms with Crippen LogP contribution in [0.2, 0.25) is 0 Å². The van der Waals surface area contributed by atoms with E-state index >= 15 is 0 Å². The second-order valence-electron chi connectivity index (χ2n) is 7.26. The first-order valence-electron chi connectivity index (χ1n) is 9.77. The highest BCUT2D eigenvalue weighted by Crippen LogP contribution is 2.42. The number of hydrogen-bond acceptors (Lipinski definition) is 6. The number of sulfonamides is 1. The molecule has 0 fully saturated rings. The number of pyridine rings is 2. The number of aromatic nitrogens is 4. The molecular weight excluding hydrogens is 429 g/mol. The van der Waals surface area contributed by atoms with E-state index in [9.17, 15) is 12.8 Å². The minimum Gasteiger partial charge on any atom is -0.264 e. The lowest BCUT2D eigenvalue weighted by atomic mass is 9.76. The number of rotatable bonds is 7. The predicted octanol–water partition coefficient (Wildman–Crippen LogP) is 3.74. The quantitative estimate of drug-likeness (QED) is 0.462. The fourth-order valence-corrected chi connectivity index (χ4v) is 4.09. The van der Waals surface area contributed by atoms with E-state index in [1.165, 1.54) is 18.3 Å². The van der Waals surface area contributed by atoms with Gasteiger partial charge in [0.15, 0.2) is 0 Å². The largest absolute Gasteiger partial charge is 0.264 e. The maximum absolute atomic E-state index is 13.7. The van der Waals surface area contributed by atoms with Gasteiger partial charge in [-0.2, -0.15) is 0 Å². The molecule has 4 aromatic rings. The fraction of sp³-hybridized carbons (Fsp3) is 0.130. The van der Waals surface area contributed by atoms with E-state index in [1.54, 1.807) is 43.0 Å². The molecule has 0 saturated carbocycles. The molecule has 4 rings (SSSR count). The molecule has 3 heterocycles. The van der Waals surface area contributed by atoms with Gasteiger partial charge in [-0.25, -0.2) is 22.8 Å². The topological polar surface area (TPSA) is 97.7 Å². The molecule has 0 aliphatic rings. The van der Waals surface area contributed by atoms with Crippen molar-refractivity contribution in [3.8, 4) is 0 Å². The van der Waals surface area contributed by atoms with E-state index in [0.717, 1.165) is 22.9 Å². The Balaban J connectivity index is 1.92. The number of nitrogens with zero attached hydrogens (tertiary/aromatic N) is 4. The van der Waals surface area contributed by atoms with E-state index in [-0.39, 0.29) is 17.7 Å². The highest BCUT2D eigenvalue weighted by Gasteiger charge is 2.30. The molecule has 0 radical (unpaired) electrons. The Kier molecular flexibility index (Phi) is 6.18. The van der Waals surface area contributed by atoms with Crippen molar-refractivity contribution in [2.45, 2.75) is 11.8 Å². The van der Waals surface area contributed by atoms with Crippen LogP contribution in [0.3, 0.4) is 0 Å². The number of halogens is 1. The average Bonchev–Trinajstić information content (AvgIpc) is 2.78. The van der Waals surface area contributed by atoms with Gasteiger partial charge in [-0.15, -0.1) is 0 Å². The van der Waals surface area contributed by atoms with Crippen LogP contribution in [0.15, 0.2) is 85.6 Å². The Hall–Kier alpha value is -3.72. The summed E-state index contributed by atoms with van der Waals surface area (Å²) in [5, 5.41) is 0.